The second-order valence-electron chi connectivity index (χ2n) is 7.49. The Kier molecular flexibility index (Phi) is 5.30. The van der Waals surface area contributed by atoms with Crippen molar-refractivity contribution in [3.8, 4) is 0 Å². The van der Waals surface area contributed by atoms with Gasteiger partial charge in [-0.1, -0.05) is 48.5 Å². The number of nitrogens with zero attached hydrogens (tertiary/aromatic N) is 3. The summed E-state index contributed by atoms with van der Waals surface area (Å²) in [6, 6.07) is 17.4. The molecule has 2 saturated heterocycles. The van der Waals surface area contributed by atoms with E-state index in [2.05, 4.69) is 46.3 Å². The van der Waals surface area contributed by atoms with Gasteiger partial charge < -0.3 is 10.2 Å². The van der Waals surface area contributed by atoms with Crippen molar-refractivity contribution in [3.05, 3.63) is 65.7 Å². The number of aryl methyl sites for hydroxylation is 1. The third kappa shape index (κ3) is 3.87. The Morgan fingerprint density at radius 1 is 0.929 bits per heavy atom. The summed E-state index contributed by atoms with van der Waals surface area (Å²) in [6.45, 7) is 5.92. The second kappa shape index (κ2) is 8.02. The number of benzene rings is 2. The molecule has 2 aromatic carbocycles. The Hall–Kier alpha value is -2.86. The Morgan fingerprint density at radius 3 is 2.32 bits per heavy atom. The number of anilines is 1. The highest BCUT2D eigenvalue weighted by Crippen LogP contribution is 2.21. The van der Waals surface area contributed by atoms with Gasteiger partial charge in [-0.3, -0.25) is 9.69 Å². The lowest BCUT2D eigenvalue weighted by Crippen LogP contribution is -2.51. The third-order valence-electron chi connectivity index (χ3n) is 5.56. The van der Waals surface area contributed by atoms with Crippen LogP contribution in [0, 0.1) is 6.92 Å². The first kappa shape index (κ1) is 18.5. The van der Waals surface area contributed by atoms with Crippen LogP contribution in [0.5, 0.6) is 0 Å². The van der Waals surface area contributed by atoms with Crippen LogP contribution in [0.25, 0.3) is 0 Å². The van der Waals surface area contributed by atoms with Gasteiger partial charge in [0.05, 0.1) is 6.67 Å². The normalized spacial score (nSPS) is 20.5. The molecule has 6 nitrogen and oxygen atoms in total. The zero-order valence-corrected chi connectivity index (χ0v) is 16.2. The molecular formula is C22H26N4O2. The average Bonchev–Trinajstić information content (AvgIpc) is 2.97. The number of imide groups is 1. The van der Waals surface area contributed by atoms with Gasteiger partial charge in [0, 0.05) is 38.3 Å². The highest BCUT2D eigenvalue weighted by atomic mass is 16.2. The molecule has 4 rings (SSSR count). The van der Waals surface area contributed by atoms with E-state index in [1.165, 1.54) is 16.2 Å². The zero-order chi connectivity index (χ0) is 19.5. The summed E-state index contributed by atoms with van der Waals surface area (Å²) < 4.78 is 0. The number of piperazine rings is 1. The molecule has 6 heteroatoms. The quantitative estimate of drug-likeness (QED) is 0.811. The minimum absolute atomic E-state index is 0.129. The van der Waals surface area contributed by atoms with E-state index in [9.17, 15) is 9.59 Å². The van der Waals surface area contributed by atoms with Crippen molar-refractivity contribution in [1.29, 1.82) is 0 Å². The fraction of sp³-hybridized carbons (Fsp3) is 0.364. The number of nitrogens with one attached hydrogen (secondary N) is 1. The fourth-order valence-corrected chi connectivity index (χ4v) is 3.95. The SMILES string of the molecule is Cc1ccccc1N1CCN(CN2C(=O)N[C@H](Cc3ccccc3)C2=O)CC1. The summed E-state index contributed by atoms with van der Waals surface area (Å²) in [7, 11) is 0. The van der Waals surface area contributed by atoms with Gasteiger partial charge >= 0.3 is 6.03 Å². The smallest absolute Gasteiger partial charge is 0.325 e. The van der Waals surface area contributed by atoms with Crippen LogP contribution >= 0.6 is 0 Å². The number of hydrogen-bond acceptors (Lipinski definition) is 4. The summed E-state index contributed by atoms with van der Waals surface area (Å²) in [4.78, 5) is 31.0. The number of hydrogen-bond donors (Lipinski definition) is 1. The van der Waals surface area contributed by atoms with Crippen molar-refractivity contribution in [1.82, 2.24) is 15.1 Å². The first-order chi connectivity index (χ1) is 13.6. The molecule has 0 radical (unpaired) electrons. The van der Waals surface area contributed by atoms with E-state index in [0.29, 0.717) is 13.1 Å². The summed E-state index contributed by atoms with van der Waals surface area (Å²) in [5.41, 5.74) is 3.59. The van der Waals surface area contributed by atoms with Crippen LogP contribution in [-0.4, -0.2) is 60.6 Å². The van der Waals surface area contributed by atoms with Crippen LogP contribution in [0.2, 0.25) is 0 Å². The number of carbonyl (C=O) groups excluding carboxylic acids is 2. The van der Waals surface area contributed by atoms with E-state index < -0.39 is 6.04 Å². The number of urea groups is 1. The molecule has 2 aliphatic heterocycles. The fourth-order valence-electron chi connectivity index (χ4n) is 3.95. The molecule has 0 saturated carbocycles. The topological polar surface area (TPSA) is 55.9 Å². The second-order valence-corrected chi connectivity index (χ2v) is 7.49. The minimum Gasteiger partial charge on any atom is -0.369 e. The van der Waals surface area contributed by atoms with Crippen LogP contribution in [0.4, 0.5) is 10.5 Å². The molecule has 2 aromatic rings. The van der Waals surface area contributed by atoms with Crippen molar-refractivity contribution < 1.29 is 9.59 Å². The summed E-state index contributed by atoms with van der Waals surface area (Å²) in [6.07, 6.45) is 0.531. The van der Waals surface area contributed by atoms with E-state index in [1.54, 1.807) is 0 Å². The van der Waals surface area contributed by atoms with E-state index in [4.69, 9.17) is 0 Å². The summed E-state index contributed by atoms with van der Waals surface area (Å²) in [5, 5.41) is 2.83. The van der Waals surface area contributed by atoms with Crippen molar-refractivity contribution in [3.63, 3.8) is 0 Å². The largest absolute Gasteiger partial charge is 0.369 e. The van der Waals surface area contributed by atoms with Gasteiger partial charge in [-0.15, -0.1) is 0 Å². The lowest BCUT2D eigenvalue weighted by molar-refractivity contribution is -0.129. The first-order valence-electron chi connectivity index (χ1n) is 9.80. The number of rotatable bonds is 5. The molecule has 146 valence electrons. The van der Waals surface area contributed by atoms with Crippen molar-refractivity contribution in [2.75, 3.05) is 37.7 Å². The molecule has 0 unspecified atom stereocenters. The predicted octanol–water partition coefficient (Wildman–Crippen LogP) is 2.24. The molecule has 2 heterocycles. The zero-order valence-electron chi connectivity index (χ0n) is 16.2. The minimum atomic E-state index is -0.469. The molecule has 0 bridgehead atoms. The maximum absolute atomic E-state index is 12.7. The van der Waals surface area contributed by atoms with E-state index in [-0.39, 0.29) is 11.9 Å². The van der Waals surface area contributed by atoms with Gasteiger partial charge in [0.1, 0.15) is 6.04 Å². The molecule has 3 amide bonds. The lowest BCUT2D eigenvalue weighted by Gasteiger charge is -2.37. The average molecular weight is 378 g/mol. The van der Waals surface area contributed by atoms with Crippen LogP contribution in [0.15, 0.2) is 54.6 Å². The van der Waals surface area contributed by atoms with Gasteiger partial charge in [-0.05, 0) is 24.1 Å². The molecule has 2 fully saturated rings. The Bertz CT molecular complexity index is 847. The van der Waals surface area contributed by atoms with Crippen molar-refractivity contribution in [2.45, 2.75) is 19.4 Å². The maximum atomic E-state index is 12.7. The number of para-hydroxylation sites is 1. The highest BCUT2D eigenvalue weighted by molar-refractivity contribution is 6.04. The molecule has 0 aromatic heterocycles. The Labute approximate surface area is 165 Å². The molecule has 1 atom stereocenters. The highest BCUT2D eigenvalue weighted by Gasteiger charge is 2.39. The third-order valence-corrected chi connectivity index (χ3v) is 5.56. The van der Waals surface area contributed by atoms with Crippen molar-refractivity contribution in [2.24, 2.45) is 0 Å². The van der Waals surface area contributed by atoms with Gasteiger partial charge in [-0.25, -0.2) is 9.69 Å². The van der Waals surface area contributed by atoms with Crippen LogP contribution in [-0.2, 0) is 11.2 Å². The van der Waals surface area contributed by atoms with Crippen LogP contribution < -0.4 is 10.2 Å². The first-order valence-corrected chi connectivity index (χ1v) is 9.80. The van der Waals surface area contributed by atoms with Crippen LogP contribution in [0.1, 0.15) is 11.1 Å². The van der Waals surface area contributed by atoms with Gasteiger partial charge in [0.2, 0.25) is 0 Å². The molecular weight excluding hydrogens is 352 g/mol. The van der Waals surface area contributed by atoms with E-state index in [1.807, 2.05) is 30.3 Å². The van der Waals surface area contributed by atoms with E-state index in [0.717, 1.165) is 31.7 Å². The van der Waals surface area contributed by atoms with Crippen molar-refractivity contribution >= 4 is 17.6 Å². The lowest BCUT2D eigenvalue weighted by atomic mass is 10.1. The Morgan fingerprint density at radius 2 is 1.61 bits per heavy atom. The molecule has 0 spiro atoms. The molecule has 0 aliphatic carbocycles. The van der Waals surface area contributed by atoms with Crippen LogP contribution in [0.3, 0.4) is 0 Å². The number of carbonyl (C=O) groups is 2. The molecule has 2 aliphatic rings. The van der Waals surface area contributed by atoms with Gasteiger partial charge in [-0.2, -0.15) is 0 Å². The monoisotopic (exact) mass is 378 g/mol. The number of amides is 3. The standard InChI is InChI=1S/C22H26N4O2/c1-17-7-5-6-10-20(17)25-13-11-24(12-14-25)16-26-21(27)19(23-22(26)28)15-18-8-3-2-4-9-18/h2-10,19H,11-16H2,1H3,(H,23,28)/t19-/m1/s1. The Balaban J connectivity index is 1.33. The predicted molar refractivity (Wildman–Crippen MR) is 109 cm³/mol. The van der Waals surface area contributed by atoms with Gasteiger partial charge in [0.15, 0.2) is 0 Å². The summed E-state index contributed by atoms with van der Waals surface area (Å²) in [5.74, 6) is -0.129. The molecule has 28 heavy (non-hydrogen) atoms. The van der Waals surface area contributed by atoms with Gasteiger partial charge in [0.25, 0.3) is 5.91 Å². The molecule has 1 N–H and O–H groups in total. The summed E-state index contributed by atoms with van der Waals surface area (Å²) >= 11 is 0. The van der Waals surface area contributed by atoms with E-state index >= 15 is 0 Å². The maximum Gasteiger partial charge on any atom is 0.325 e.